The van der Waals surface area contributed by atoms with Crippen LogP contribution in [0.15, 0.2) is 54.9 Å². The zero-order valence-electron chi connectivity index (χ0n) is 10.0. The van der Waals surface area contributed by atoms with Crippen LogP contribution in [0.5, 0.6) is 0 Å². The molecule has 0 bridgehead atoms. The van der Waals surface area contributed by atoms with E-state index in [1.807, 2.05) is 48.8 Å². The molecule has 1 aromatic carbocycles. The highest BCUT2D eigenvalue weighted by atomic mass is 35.5. The first-order valence-electron chi connectivity index (χ1n) is 5.97. The predicted molar refractivity (Wildman–Crippen MR) is 79.0 cm³/mol. The lowest BCUT2D eigenvalue weighted by Crippen LogP contribution is -2.05. The standard InChI is InChI=1S/C15H12Cl2N2/c16-10-5-6-12(17)11(9-10)15(13-3-1-7-18-13)14-4-2-8-19-14/h1-9,15,18-19H. The van der Waals surface area contributed by atoms with Crippen LogP contribution >= 0.6 is 23.2 Å². The van der Waals surface area contributed by atoms with Crippen molar-refractivity contribution in [2.24, 2.45) is 0 Å². The van der Waals surface area contributed by atoms with Crippen LogP contribution < -0.4 is 0 Å². The molecule has 0 fully saturated rings. The quantitative estimate of drug-likeness (QED) is 0.692. The van der Waals surface area contributed by atoms with E-state index in [9.17, 15) is 0 Å². The van der Waals surface area contributed by atoms with Crippen molar-refractivity contribution >= 4 is 23.2 Å². The molecule has 96 valence electrons. The average molecular weight is 291 g/mol. The number of H-pyrrole nitrogens is 2. The van der Waals surface area contributed by atoms with Crippen molar-refractivity contribution in [3.05, 3.63) is 81.9 Å². The third-order valence-electron chi connectivity index (χ3n) is 3.14. The molecule has 2 nitrogen and oxygen atoms in total. The molecule has 0 aliphatic heterocycles. The van der Waals surface area contributed by atoms with Gasteiger partial charge in [-0.05, 0) is 48.0 Å². The van der Waals surface area contributed by atoms with E-state index in [4.69, 9.17) is 23.2 Å². The van der Waals surface area contributed by atoms with Gasteiger partial charge in [-0.3, -0.25) is 0 Å². The maximum absolute atomic E-state index is 6.34. The van der Waals surface area contributed by atoms with Gasteiger partial charge in [-0.1, -0.05) is 23.2 Å². The lowest BCUT2D eigenvalue weighted by atomic mass is 9.92. The summed E-state index contributed by atoms with van der Waals surface area (Å²) >= 11 is 12.4. The fourth-order valence-corrected chi connectivity index (χ4v) is 2.69. The van der Waals surface area contributed by atoms with Gasteiger partial charge in [-0.2, -0.15) is 0 Å². The number of nitrogens with one attached hydrogen (secondary N) is 2. The van der Waals surface area contributed by atoms with Gasteiger partial charge in [0.2, 0.25) is 0 Å². The van der Waals surface area contributed by atoms with Crippen LogP contribution in [0.1, 0.15) is 22.9 Å². The van der Waals surface area contributed by atoms with E-state index in [2.05, 4.69) is 9.97 Å². The average Bonchev–Trinajstić information content (AvgIpc) is 3.07. The van der Waals surface area contributed by atoms with Crippen LogP contribution in [0.2, 0.25) is 10.0 Å². The van der Waals surface area contributed by atoms with Crippen molar-refractivity contribution in [1.82, 2.24) is 9.97 Å². The van der Waals surface area contributed by atoms with Crippen molar-refractivity contribution in [2.45, 2.75) is 5.92 Å². The molecule has 3 aromatic rings. The van der Waals surface area contributed by atoms with Gasteiger partial charge < -0.3 is 9.97 Å². The second kappa shape index (κ2) is 5.16. The van der Waals surface area contributed by atoms with Gasteiger partial charge in [-0.25, -0.2) is 0 Å². The lowest BCUT2D eigenvalue weighted by molar-refractivity contribution is 0.898. The largest absolute Gasteiger partial charge is 0.364 e. The molecule has 4 heteroatoms. The number of benzene rings is 1. The topological polar surface area (TPSA) is 31.6 Å². The Hall–Kier alpha value is -1.64. The molecule has 0 unspecified atom stereocenters. The van der Waals surface area contributed by atoms with Gasteiger partial charge >= 0.3 is 0 Å². The van der Waals surface area contributed by atoms with Crippen molar-refractivity contribution in [3.8, 4) is 0 Å². The number of rotatable bonds is 3. The van der Waals surface area contributed by atoms with E-state index >= 15 is 0 Å². The van der Waals surface area contributed by atoms with Crippen molar-refractivity contribution in [1.29, 1.82) is 0 Å². The zero-order chi connectivity index (χ0) is 13.2. The highest BCUT2D eigenvalue weighted by Crippen LogP contribution is 2.35. The van der Waals surface area contributed by atoms with Crippen molar-refractivity contribution in [2.75, 3.05) is 0 Å². The molecule has 0 atom stereocenters. The number of halogens is 2. The normalized spacial score (nSPS) is 11.1. The smallest absolute Gasteiger partial charge is 0.0656 e. The molecular weight excluding hydrogens is 279 g/mol. The van der Waals surface area contributed by atoms with Gasteiger partial charge in [-0.15, -0.1) is 0 Å². The SMILES string of the molecule is Clc1ccc(Cl)c(C(c2ccc[nH]2)c2ccc[nH]2)c1. The van der Waals surface area contributed by atoms with Crippen LogP contribution in [0.3, 0.4) is 0 Å². The molecule has 0 aliphatic rings. The summed E-state index contributed by atoms with van der Waals surface area (Å²) in [5, 5.41) is 1.39. The predicted octanol–water partition coefficient (Wildman–Crippen LogP) is 4.83. The van der Waals surface area contributed by atoms with Crippen LogP contribution in [-0.4, -0.2) is 9.97 Å². The minimum atomic E-state index is 0.0243. The molecule has 0 amide bonds. The van der Waals surface area contributed by atoms with Gasteiger partial charge in [0, 0.05) is 33.8 Å². The summed E-state index contributed by atoms with van der Waals surface area (Å²) in [6.45, 7) is 0. The Bertz CT molecular complexity index is 623. The molecule has 0 saturated carbocycles. The Morgan fingerprint density at radius 3 is 2.00 bits per heavy atom. The van der Waals surface area contributed by atoms with Crippen molar-refractivity contribution < 1.29 is 0 Å². The fourth-order valence-electron chi connectivity index (χ4n) is 2.29. The van der Waals surface area contributed by atoms with E-state index < -0.39 is 0 Å². The Labute approximate surface area is 121 Å². The first-order chi connectivity index (χ1) is 9.25. The minimum Gasteiger partial charge on any atom is -0.364 e. The first kappa shape index (κ1) is 12.4. The van der Waals surface area contributed by atoms with Crippen LogP contribution in [-0.2, 0) is 0 Å². The summed E-state index contributed by atoms with van der Waals surface area (Å²) in [5.74, 6) is 0.0243. The maximum atomic E-state index is 6.34. The van der Waals surface area contributed by atoms with Crippen molar-refractivity contribution in [3.63, 3.8) is 0 Å². The lowest BCUT2D eigenvalue weighted by Gasteiger charge is -2.17. The summed E-state index contributed by atoms with van der Waals surface area (Å²) in [6.07, 6.45) is 3.81. The Kier molecular flexibility index (Phi) is 3.36. The summed E-state index contributed by atoms with van der Waals surface area (Å²) < 4.78 is 0. The molecular formula is C15H12Cl2N2. The highest BCUT2D eigenvalue weighted by molar-refractivity contribution is 6.33. The molecule has 2 heterocycles. The fraction of sp³-hybridized carbons (Fsp3) is 0.0667. The summed E-state index contributed by atoms with van der Waals surface area (Å²) in [4.78, 5) is 6.50. The van der Waals surface area contributed by atoms with E-state index in [0.29, 0.717) is 10.0 Å². The van der Waals surface area contributed by atoms with Gasteiger partial charge in [0.1, 0.15) is 0 Å². The third kappa shape index (κ3) is 2.42. The summed E-state index contributed by atoms with van der Waals surface area (Å²) in [6, 6.07) is 13.6. The Morgan fingerprint density at radius 1 is 0.842 bits per heavy atom. The number of hydrogen-bond donors (Lipinski definition) is 2. The first-order valence-corrected chi connectivity index (χ1v) is 6.73. The van der Waals surface area contributed by atoms with E-state index in [1.165, 1.54) is 0 Å². The molecule has 0 saturated heterocycles. The summed E-state index contributed by atoms with van der Waals surface area (Å²) in [5.41, 5.74) is 3.14. The van der Waals surface area contributed by atoms with E-state index in [-0.39, 0.29) is 5.92 Å². The van der Waals surface area contributed by atoms with Crippen LogP contribution in [0, 0.1) is 0 Å². The molecule has 2 aromatic heterocycles. The maximum Gasteiger partial charge on any atom is 0.0656 e. The molecule has 0 spiro atoms. The van der Waals surface area contributed by atoms with Gasteiger partial charge in [0.15, 0.2) is 0 Å². The molecule has 0 aliphatic carbocycles. The molecule has 0 radical (unpaired) electrons. The monoisotopic (exact) mass is 290 g/mol. The second-order valence-corrected chi connectivity index (χ2v) is 5.19. The molecule has 2 N–H and O–H groups in total. The minimum absolute atomic E-state index is 0.0243. The van der Waals surface area contributed by atoms with Gasteiger partial charge in [0.25, 0.3) is 0 Å². The Balaban J connectivity index is 2.17. The second-order valence-electron chi connectivity index (χ2n) is 4.35. The van der Waals surface area contributed by atoms with Gasteiger partial charge in [0.05, 0.1) is 5.92 Å². The molecule has 3 rings (SSSR count). The zero-order valence-corrected chi connectivity index (χ0v) is 11.5. The third-order valence-corrected chi connectivity index (χ3v) is 3.71. The number of aromatic amines is 2. The summed E-state index contributed by atoms with van der Waals surface area (Å²) in [7, 11) is 0. The van der Waals surface area contributed by atoms with Crippen LogP contribution in [0.25, 0.3) is 0 Å². The Morgan fingerprint density at radius 2 is 1.47 bits per heavy atom. The number of aromatic nitrogens is 2. The molecule has 19 heavy (non-hydrogen) atoms. The highest BCUT2D eigenvalue weighted by Gasteiger charge is 2.21. The van der Waals surface area contributed by atoms with E-state index in [1.54, 1.807) is 6.07 Å². The van der Waals surface area contributed by atoms with Crippen LogP contribution in [0.4, 0.5) is 0 Å². The van der Waals surface area contributed by atoms with E-state index in [0.717, 1.165) is 17.0 Å². The number of hydrogen-bond acceptors (Lipinski definition) is 0.